The first-order valence-electron chi connectivity index (χ1n) is 6.41. The van der Waals surface area contributed by atoms with E-state index < -0.39 is 5.97 Å². The number of carboxylic acid groups (broad SMARTS) is 1. The summed E-state index contributed by atoms with van der Waals surface area (Å²) in [5.41, 5.74) is 0. The number of aromatic nitrogens is 2. The highest BCUT2D eigenvalue weighted by Crippen LogP contribution is 2.17. The average molecular weight is 305 g/mol. The van der Waals surface area contributed by atoms with Crippen molar-refractivity contribution in [2.45, 2.75) is 13.0 Å². The molecule has 0 aliphatic rings. The zero-order valence-electron chi connectivity index (χ0n) is 11.2. The van der Waals surface area contributed by atoms with E-state index in [1.807, 2.05) is 16.9 Å². The summed E-state index contributed by atoms with van der Waals surface area (Å²) >= 11 is 1.26. The van der Waals surface area contributed by atoms with E-state index >= 15 is 0 Å². The first-order valence-corrected chi connectivity index (χ1v) is 7.23. The molecule has 2 N–H and O–H groups in total. The van der Waals surface area contributed by atoms with Crippen LogP contribution in [0, 0.1) is 0 Å². The van der Waals surface area contributed by atoms with Crippen LogP contribution >= 0.6 is 11.3 Å². The van der Waals surface area contributed by atoms with Gasteiger partial charge in [0.15, 0.2) is 0 Å². The molecule has 7 heteroatoms. The third kappa shape index (κ3) is 4.88. The number of amides is 1. The van der Waals surface area contributed by atoms with Crippen LogP contribution in [0.2, 0.25) is 0 Å². The number of aryl methyl sites for hydroxylation is 1. The Kier molecular flexibility index (Phi) is 5.28. The van der Waals surface area contributed by atoms with E-state index in [4.69, 9.17) is 5.11 Å². The summed E-state index contributed by atoms with van der Waals surface area (Å²) in [7, 11) is 0. The van der Waals surface area contributed by atoms with Gasteiger partial charge in [-0.3, -0.25) is 9.48 Å². The molecule has 0 aliphatic heterocycles. The van der Waals surface area contributed by atoms with E-state index in [0.29, 0.717) is 11.4 Å². The number of nitrogens with zero attached hydrogens (tertiary/aromatic N) is 2. The Hall–Kier alpha value is -2.41. The summed E-state index contributed by atoms with van der Waals surface area (Å²) in [4.78, 5) is 23.6. The number of thiophene rings is 1. The summed E-state index contributed by atoms with van der Waals surface area (Å²) in [6.07, 6.45) is 6.92. The van der Waals surface area contributed by atoms with Gasteiger partial charge in [-0.15, -0.1) is 11.3 Å². The van der Waals surface area contributed by atoms with Crippen molar-refractivity contribution in [2.75, 3.05) is 6.54 Å². The maximum absolute atomic E-state index is 11.9. The molecule has 2 heterocycles. The zero-order valence-corrected chi connectivity index (χ0v) is 12.0. The third-order valence-electron chi connectivity index (χ3n) is 2.65. The van der Waals surface area contributed by atoms with E-state index in [1.54, 1.807) is 18.3 Å². The van der Waals surface area contributed by atoms with Crippen molar-refractivity contribution in [3.05, 3.63) is 46.4 Å². The van der Waals surface area contributed by atoms with Crippen molar-refractivity contribution in [3.63, 3.8) is 0 Å². The van der Waals surface area contributed by atoms with Crippen LogP contribution in [0.5, 0.6) is 0 Å². The predicted octanol–water partition coefficient (Wildman–Crippen LogP) is 1.86. The topological polar surface area (TPSA) is 84.2 Å². The highest BCUT2D eigenvalue weighted by atomic mass is 32.1. The second-order valence-corrected chi connectivity index (χ2v) is 5.37. The number of carbonyl (C=O) groups excluding carboxylic acids is 1. The Morgan fingerprint density at radius 3 is 3.00 bits per heavy atom. The maximum Gasteiger partial charge on any atom is 0.328 e. The predicted molar refractivity (Wildman–Crippen MR) is 80.2 cm³/mol. The fourth-order valence-electron chi connectivity index (χ4n) is 1.68. The number of rotatable bonds is 7. The molecule has 1 amide bonds. The van der Waals surface area contributed by atoms with Crippen molar-refractivity contribution in [3.8, 4) is 0 Å². The number of carbonyl (C=O) groups is 2. The van der Waals surface area contributed by atoms with Crippen molar-refractivity contribution >= 4 is 29.3 Å². The molecule has 0 unspecified atom stereocenters. The van der Waals surface area contributed by atoms with Crippen LogP contribution in [-0.2, 0) is 11.3 Å². The lowest BCUT2D eigenvalue weighted by Crippen LogP contribution is -2.24. The molecule has 0 bridgehead atoms. The van der Waals surface area contributed by atoms with E-state index in [2.05, 4.69) is 10.4 Å². The molecule has 0 spiro atoms. The van der Waals surface area contributed by atoms with Crippen LogP contribution in [0.15, 0.2) is 36.7 Å². The quantitative estimate of drug-likeness (QED) is 0.604. The molecule has 21 heavy (non-hydrogen) atoms. The van der Waals surface area contributed by atoms with E-state index in [1.165, 1.54) is 17.4 Å². The molecule has 0 radical (unpaired) electrons. The van der Waals surface area contributed by atoms with Gasteiger partial charge in [-0.25, -0.2) is 4.79 Å². The van der Waals surface area contributed by atoms with Gasteiger partial charge in [-0.05, 0) is 30.7 Å². The molecule has 2 rings (SSSR count). The van der Waals surface area contributed by atoms with Crippen molar-refractivity contribution < 1.29 is 14.7 Å². The summed E-state index contributed by atoms with van der Waals surface area (Å²) in [5, 5.41) is 15.5. The normalized spacial score (nSPS) is 10.9. The Balaban J connectivity index is 1.76. The van der Waals surface area contributed by atoms with Crippen LogP contribution in [0.25, 0.3) is 6.08 Å². The number of carboxylic acids is 1. The number of aliphatic carboxylic acids is 1. The molecule has 0 fully saturated rings. The molecular formula is C14H15N3O3S. The average Bonchev–Trinajstić information content (AvgIpc) is 3.12. The van der Waals surface area contributed by atoms with E-state index in [0.717, 1.165) is 23.9 Å². The highest BCUT2D eigenvalue weighted by Gasteiger charge is 2.07. The van der Waals surface area contributed by atoms with Gasteiger partial charge in [-0.1, -0.05) is 0 Å². The lowest BCUT2D eigenvalue weighted by Gasteiger charge is -2.03. The fraction of sp³-hybridized carbons (Fsp3) is 0.214. The summed E-state index contributed by atoms with van der Waals surface area (Å²) in [6.45, 7) is 1.32. The first-order chi connectivity index (χ1) is 10.1. The van der Waals surface area contributed by atoms with Crippen molar-refractivity contribution in [2.24, 2.45) is 0 Å². The molecule has 2 aromatic heterocycles. The van der Waals surface area contributed by atoms with Gasteiger partial charge in [0.05, 0.1) is 4.88 Å². The Morgan fingerprint density at radius 2 is 2.29 bits per heavy atom. The molecule has 0 saturated heterocycles. The van der Waals surface area contributed by atoms with Crippen molar-refractivity contribution in [1.29, 1.82) is 0 Å². The number of hydrogen-bond donors (Lipinski definition) is 2. The van der Waals surface area contributed by atoms with Gasteiger partial charge in [0.2, 0.25) is 0 Å². The van der Waals surface area contributed by atoms with Gasteiger partial charge in [0.25, 0.3) is 5.91 Å². The summed E-state index contributed by atoms with van der Waals surface area (Å²) in [6, 6.07) is 5.27. The van der Waals surface area contributed by atoms with Crippen molar-refractivity contribution in [1.82, 2.24) is 15.1 Å². The minimum atomic E-state index is -1.01. The summed E-state index contributed by atoms with van der Waals surface area (Å²) < 4.78 is 1.81. The smallest absolute Gasteiger partial charge is 0.328 e. The van der Waals surface area contributed by atoms with Crippen LogP contribution in [0.4, 0.5) is 0 Å². The largest absolute Gasteiger partial charge is 0.478 e. The molecule has 0 aliphatic carbocycles. The van der Waals surface area contributed by atoms with Gasteiger partial charge in [0, 0.05) is 36.4 Å². The molecule has 2 aromatic rings. The first kappa shape index (κ1) is 15.0. The maximum atomic E-state index is 11.9. The SMILES string of the molecule is O=C(O)/C=C/c1ccc(C(=O)NCCCn2cccn2)s1. The zero-order chi connectivity index (χ0) is 15.1. The Labute approximate surface area is 125 Å². The minimum Gasteiger partial charge on any atom is -0.478 e. The van der Waals surface area contributed by atoms with Gasteiger partial charge >= 0.3 is 5.97 Å². The number of hydrogen-bond acceptors (Lipinski definition) is 4. The lowest BCUT2D eigenvalue weighted by molar-refractivity contribution is -0.131. The van der Waals surface area contributed by atoms with Gasteiger partial charge in [0.1, 0.15) is 0 Å². The fourth-order valence-corrected chi connectivity index (χ4v) is 2.51. The second-order valence-electron chi connectivity index (χ2n) is 4.25. The molecular weight excluding hydrogens is 290 g/mol. The Morgan fingerprint density at radius 1 is 1.43 bits per heavy atom. The standard InChI is InChI=1S/C14H15N3O3S/c18-13(19)6-4-11-3-5-12(21-11)14(20)15-7-1-9-17-10-2-8-16-17/h2-6,8,10H,1,7,9H2,(H,15,20)(H,18,19)/b6-4+. The highest BCUT2D eigenvalue weighted by molar-refractivity contribution is 7.14. The Bertz CT molecular complexity index is 632. The van der Waals surface area contributed by atoms with Crippen LogP contribution < -0.4 is 5.32 Å². The second kappa shape index (κ2) is 7.39. The summed E-state index contributed by atoms with van der Waals surface area (Å²) in [5.74, 6) is -1.15. The molecule has 110 valence electrons. The third-order valence-corrected chi connectivity index (χ3v) is 3.70. The monoisotopic (exact) mass is 305 g/mol. The molecule has 0 atom stereocenters. The number of nitrogens with one attached hydrogen (secondary N) is 1. The van der Waals surface area contributed by atoms with Crippen LogP contribution in [0.3, 0.4) is 0 Å². The minimum absolute atomic E-state index is 0.143. The molecule has 0 aromatic carbocycles. The molecule has 6 nitrogen and oxygen atoms in total. The van der Waals surface area contributed by atoms with Gasteiger partial charge in [-0.2, -0.15) is 5.10 Å². The lowest BCUT2D eigenvalue weighted by atomic mass is 10.3. The van der Waals surface area contributed by atoms with Crippen LogP contribution in [0.1, 0.15) is 21.0 Å². The van der Waals surface area contributed by atoms with E-state index in [-0.39, 0.29) is 5.91 Å². The van der Waals surface area contributed by atoms with Gasteiger partial charge < -0.3 is 10.4 Å². The molecule has 0 saturated carbocycles. The van der Waals surface area contributed by atoms with E-state index in [9.17, 15) is 9.59 Å². The van der Waals surface area contributed by atoms with Crippen LogP contribution in [-0.4, -0.2) is 33.3 Å².